The molecule has 1 heterocycles. The van der Waals surface area contributed by atoms with Crippen molar-refractivity contribution in [2.45, 2.75) is 13.5 Å². The molecule has 6 heteroatoms. The zero-order chi connectivity index (χ0) is 17.3. The highest BCUT2D eigenvalue weighted by Gasteiger charge is 2.10. The monoisotopic (exact) mass is 328 g/mol. The average Bonchev–Trinajstić information content (AvgIpc) is 2.55. The van der Waals surface area contributed by atoms with E-state index in [-0.39, 0.29) is 6.54 Å². The molecule has 0 fully saturated rings. The molecule has 3 aromatic rings. The van der Waals surface area contributed by atoms with Crippen LogP contribution in [0.1, 0.15) is 11.1 Å². The maximum atomic E-state index is 13.4. The predicted molar refractivity (Wildman–Crippen MR) is 86.5 cm³/mol. The zero-order valence-corrected chi connectivity index (χ0v) is 12.9. The second-order valence-corrected chi connectivity index (χ2v) is 5.47. The maximum absolute atomic E-state index is 13.4. The number of rotatable bonds is 3. The Bertz CT molecular complexity index is 1020. The fourth-order valence-corrected chi connectivity index (χ4v) is 2.50. The highest BCUT2D eigenvalue weighted by Crippen LogP contribution is 2.13. The summed E-state index contributed by atoms with van der Waals surface area (Å²) in [5, 5.41) is 0. The minimum Gasteiger partial charge on any atom is -0.305 e. The molecule has 0 bridgehead atoms. The van der Waals surface area contributed by atoms with Gasteiger partial charge in [-0.3, -0.25) is 14.2 Å². The van der Waals surface area contributed by atoms with Crippen LogP contribution < -0.4 is 11.1 Å². The van der Waals surface area contributed by atoms with Gasteiger partial charge in [0.2, 0.25) is 0 Å². The van der Waals surface area contributed by atoms with Crippen LogP contribution in [0.2, 0.25) is 0 Å². The van der Waals surface area contributed by atoms with E-state index < -0.39 is 22.8 Å². The Morgan fingerprint density at radius 2 is 1.67 bits per heavy atom. The first-order chi connectivity index (χ1) is 11.5. The molecule has 3 rings (SSSR count). The van der Waals surface area contributed by atoms with Gasteiger partial charge < -0.3 is 4.57 Å². The first-order valence-electron chi connectivity index (χ1n) is 7.29. The predicted octanol–water partition coefficient (Wildman–Crippen LogP) is 2.63. The number of hydrogen-bond acceptors (Lipinski definition) is 2. The lowest BCUT2D eigenvalue weighted by atomic mass is 10.2. The third-order valence-electron chi connectivity index (χ3n) is 3.73. The number of aryl methyl sites for hydroxylation is 1. The largest absolute Gasteiger partial charge is 0.320 e. The summed E-state index contributed by atoms with van der Waals surface area (Å²) in [5.74, 6) is -0.907. The lowest BCUT2D eigenvalue weighted by molar-refractivity contribution is 0.621. The van der Waals surface area contributed by atoms with E-state index in [4.69, 9.17) is 0 Å². The van der Waals surface area contributed by atoms with Crippen LogP contribution in [-0.2, 0) is 6.54 Å². The van der Waals surface area contributed by atoms with Crippen molar-refractivity contribution in [1.82, 2.24) is 9.13 Å². The van der Waals surface area contributed by atoms with Crippen LogP contribution >= 0.6 is 0 Å². The van der Waals surface area contributed by atoms with Crippen LogP contribution in [0.15, 0.2) is 64.4 Å². The molecule has 0 saturated carbocycles. The summed E-state index contributed by atoms with van der Waals surface area (Å²) >= 11 is 0. The lowest BCUT2D eigenvalue weighted by Crippen LogP contribution is -2.40. The molecule has 0 saturated heterocycles. The van der Waals surface area contributed by atoms with E-state index in [9.17, 15) is 18.4 Å². The van der Waals surface area contributed by atoms with Gasteiger partial charge in [-0.2, -0.15) is 0 Å². The van der Waals surface area contributed by atoms with Gasteiger partial charge in [-0.25, -0.2) is 8.78 Å². The van der Waals surface area contributed by atoms with Crippen molar-refractivity contribution < 1.29 is 8.78 Å². The van der Waals surface area contributed by atoms with E-state index in [0.717, 1.165) is 4.57 Å². The van der Waals surface area contributed by atoms with E-state index >= 15 is 0 Å². The minimum absolute atomic E-state index is 0.0782. The highest BCUT2D eigenvalue weighted by molar-refractivity contribution is 5.40. The van der Waals surface area contributed by atoms with Crippen LogP contribution in [0.25, 0.3) is 5.69 Å². The number of nitrogens with zero attached hydrogens (tertiary/aromatic N) is 2. The van der Waals surface area contributed by atoms with Crippen molar-refractivity contribution in [3.63, 3.8) is 0 Å². The molecule has 4 nitrogen and oxygen atoms in total. The molecule has 0 radical (unpaired) electrons. The number of aromatic nitrogens is 2. The number of benzene rings is 2. The van der Waals surface area contributed by atoms with E-state index in [1.54, 1.807) is 13.0 Å². The fraction of sp³-hybridized carbons (Fsp3) is 0.111. The van der Waals surface area contributed by atoms with Crippen molar-refractivity contribution >= 4 is 0 Å². The van der Waals surface area contributed by atoms with Crippen molar-refractivity contribution in [3.05, 3.63) is 98.3 Å². The van der Waals surface area contributed by atoms with Gasteiger partial charge in [-0.05, 0) is 42.3 Å². The molecule has 0 aliphatic carbocycles. The van der Waals surface area contributed by atoms with Crippen molar-refractivity contribution in [2.75, 3.05) is 0 Å². The van der Waals surface area contributed by atoms with Gasteiger partial charge in [0.05, 0.1) is 12.2 Å². The molecular weight excluding hydrogens is 314 g/mol. The third kappa shape index (κ3) is 3.03. The Morgan fingerprint density at radius 3 is 2.42 bits per heavy atom. The van der Waals surface area contributed by atoms with Gasteiger partial charge in [-0.1, -0.05) is 18.2 Å². The van der Waals surface area contributed by atoms with E-state index in [1.165, 1.54) is 53.4 Å². The molecular formula is C18H14F2N2O2. The molecule has 24 heavy (non-hydrogen) atoms. The van der Waals surface area contributed by atoms with Gasteiger partial charge >= 0.3 is 11.1 Å². The Kier molecular flexibility index (Phi) is 4.12. The second kappa shape index (κ2) is 6.23. The summed E-state index contributed by atoms with van der Waals surface area (Å²) in [5.41, 5.74) is -0.00000220. The third-order valence-corrected chi connectivity index (χ3v) is 3.73. The summed E-state index contributed by atoms with van der Waals surface area (Å²) in [6, 6.07) is 9.83. The molecule has 0 spiro atoms. The topological polar surface area (TPSA) is 44.0 Å². The van der Waals surface area contributed by atoms with Gasteiger partial charge in [-0.15, -0.1) is 0 Å². The molecule has 2 aromatic carbocycles. The standard InChI is InChI=1S/C18H14F2N2O2/c1-12-5-6-15(20)10-16(12)22-8-7-21(17(23)18(22)24)11-13-3-2-4-14(19)9-13/h2-10H,11H2,1H3. The van der Waals surface area contributed by atoms with Gasteiger partial charge in [0, 0.05) is 12.4 Å². The van der Waals surface area contributed by atoms with Gasteiger partial charge in [0.15, 0.2) is 0 Å². The van der Waals surface area contributed by atoms with Gasteiger partial charge in [0.25, 0.3) is 0 Å². The van der Waals surface area contributed by atoms with Gasteiger partial charge in [0.1, 0.15) is 11.6 Å². The zero-order valence-electron chi connectivity index (χ0n) is 12.9. The Morgan fingerprint density at radius 1 is 0.917 bits per heavy atom. The second-order valence-electron chi connectivity index (χ2n) is 5.47. The molecule has 122 valence electrons. The average molecular weight is 328 g/mol. The van der Waals surface area contributed by atoms with E-state index in [0.29, 0.717) is 16.8 Å². The quantitative estimate of drug-likeness (QED) is 0.694. The molecule has 0 atom stereocenters. The van der Waals surface area contributed by atoms with Crippen LogP contribution in [0.4, 0.5) is 8.78 Å². The molecule has 0 aliphatic heterocycles. The van der Waals surface area contributed by atoms with E-state index in [1.807, 2.05) is 0 Å². The van der Waals surface area contributed by atoms with Crippen LogP contribution in [0.5, 0.6) is 0 Å². The first kappa shape index (κ1) is 15.9. The van der Waals surface area contributed by atoms with Crippen LogP contribution in [0.3, 0.4) is 0 Å². The molecule has 0 aliphatic rings. The Labute approximate surface area is 136 Å². The lowest BCUT2D eigenvalue weighted by Gasteiger charge is -2.11. The molecule has 0 amide bonds. The summed E-state index contributed by atoms with van der Waals surface area (Å²) in [6.45, 7) is 1.80. The van der Waals surface area contributed by atoms with Crippen molar-refractivity contribution in [1.29, 1.82) is 0 Å². The summed E-state index contributed by atoms with van der Waals surface area (Å²) < 4.78 is 29.0. The Hall–Kier alpha value is -3.02. The fourth-order valence-electron chi connectivity index (χ4n) is 2.50. The smallest absolute Gasteiger partial charge is 0.305 e. The maximum Gasteiger partial charge on any atom is 0.320 e. The SMILES string of the molecule is Cc1ccc(F)cc1-n1ccn(Cc2cccc(F)c2)c(=O)c1=O. The van der Waals surface area contributed by atoms with Crippen LogP contribution in [-0.4, -0.2) is 9.13 Å². The highest BCUT2D eigenvalue weighted by atomic mass is 19.1. The summed E-state index contributed by atoms with van der Waals surface area (Å²) in [6.07, 6.45) is 2.84. The summed E-state index contributed by atoms with van der Waals surface area (Å²) in [7, 11) is 0. The van der Waals surface area contributed by atoms with Crippen LogP contribution in [0, 0.1) is 18.6 Å². The Balaban J connectivity index is 2.05. The number of halogens is 2. The van der Waals surface area contributed by atoms with Crippen molar-refractivity contribution in [2.24, 2.45) is 0 Å². The first-order valence-corrected chi connectivity index (χ1v) is 7.29. The molecule has 0 unspecified atom stereocenters. The molecule has 0 N–H and O–H groups in total. The number of hydrogen-bond donors (Lipinski definition) is 0. The minimum atomic E-state index is -0.789. The normalized spacial score (nSPS) is 10.8. The van der Waals surface area contributed by atoms with E-state index in [2.05, 4.69) is 0 Å². The summed E-state index contributed by atoms with van der Waals surface area (Å²) in [4.78, 5) is 24.6. The van der Waals surface area contributed by atoms with Crippen molar-refractivity contribution in [3.8, 4) is 5.69 Å². The molecule has 1 aromatic heterocycles.